The summed E-state index contributed by atoms with van der Waals surface area (Å²) in [4.78, 5) is 4.57. The highest BCUT2D eigenvalue weighted by Crippen LogP contribution is 2.21. The van der Waals surface area contributed by atoms with Gasteiger partial charge in [0, 0.05) is 13.2 Å². The van der Waals surface area contributed by atoms with Crippen molar-refractivity contribution < 1.29 is 0 Å². The maximum absolute atomic E-state index is 4.57. The Bertz CT molecular complexity index is 641. The summed E-state index contributed by atoms with van der Waals surface area (Å²) in [5, 5.41) is 7.70. The standard InChI is InChI=1S/C10H8IN5/c1-15-6-7(11)10-8(15)2-3-9(13-10)16-5-4-12-14-16/h2-6H,1H3. The normalized spacial score (nSPS) is 11.1. The van der Waals surface area contributed by atoms with Gasteiger partial charge in [-0.15, -0.1) is 5.10 Å². The summed E-state index contributed by atoms with van der Waals surface area (Å²) in [5.41, 5.74) is 2.12. The largest absolute Gasteiger partial charge is 0.348 e. The number of rotatable bonds is 1. The van der Waals surface area contributed by atoms with E-state index in [1.54, 1.807) is 17.1 Å². The highest BCUT2D eigenvalue weighted by Gasteiger charge is 2.07. The second-order valence-electron chi connectivity index (χ2n) is 3.47. The van der Waals surface area contributed by atoms with Gasteiger partial charge in [-0.2, -0.15) is 0 Å². The van der Waals surface area contributed by atoms with Gasteiger partial charge in [-0.3, -0.25) is 0 Å². The number of aryl methyl sites for hydroxylation is 1. The molecule has 0 atom stereocenters. The van der Waals surface area contributed by atoms with E-state index in [4.69, 9.17) is 0 Å². The Hall–Kier alpha value is -1.44. The fourth-order valence-electron chi connectivity index (χ4n) is 1.66. The Balaban J connectivity index is 2.27. The second kappa shape index (κ2) is 3.55. The fourth-order valence-corrected chi connectivity index (χ4v) is 2.48. The lowest BCUT2D eigenvalue weighted by atomic mass is 10.4. The molecule has 0 radical (unpaired) electrons. The molecule has 0 fully saturated rings. The monoisotopic (exact) mass is 325 g/mol. The Morgan fingerprint density at radius 3 is 2.94 bits per heavy atom. The zero-order chi connectivity index (χ0) is 11.1. The van der Waals surface area contributed by atoms with Gasteiger partial charge in [-0.05, 0) is 34.7 Å². The lowest BCUT2D eigenvalue weighted by Gasteiger charge is -2.00. The minimum Gasteiger partial charge on any atom is -0.348 e. The minimum absolute atomic E-state index is 0.786. The van der Waals surface area contributed by atoms with Crippen molar-refractivity contribution in [1.29, 1.82) is 0 Å². The van der Waals surface area contributed by atoms with Gasteiger partial charge in [0.1, 0.15) is 5.52 Å². The smallest absolute Gasteiger partial charge is 0.155 e. The van der Waals surface area contributed by atoms with Gasteiger partial charge in [0.05, 0.1) is 21.5 Å². The van der Waals surface area contributed by atoms with Crippen molar-refractivity contribution in [2.75, 3.05) is 0 Å². The number of hydrogen-bond donors (Lipinski definition) is 0. The maximum atomic E-state index is 4.57. The van der Waals surface area contributed by atoms with Crippen LogP contribution in [-0.2, 0) is 7.05 Å². The molecule has 80 valence electrons. The van der Waals surface area contributed by atoms with E-state index in [0.29, 0.717) is 0 Å². The fraction of sp³-hybridized carbons (Fsp3) is 0.100. The quantitative estimate of drug-likeness (QED) is 0.641. The van der Waals surface area contributed by atoms with Crippen LogP contribution in [0.3, 0.4) is 0 Å². The molecule has 3 aromatic heterocycles. The molecule has 0 aliphatic carbocycles. The summed E-state index contributed by atoms with van der Waals surface area (Å²) >= 11 is 2.28. The Morgan fingerprint density at radius 1 is 1.31 bits per heavy atom. The van der Waals surface area contributed by atoms with E-state index in [1.165, 1.54) is 0 Å². The zero-order valence-corrected chi connectivity index (χ0v) is 10.7. The first-order valence-electron chi connectivity index (χ1n) is 4.74. The molecule has 0 aromatic carbocycles. The van der Waals surface area contributed by atoms with Crippen LogP contribution in [0.15, 0.2) is 30.7 Å². The summed E-state index contributed by atoms with van der Waals surface area (Å²) in [6.07, 6.45) is 5.48. The molecule has 0 unspecified atom stereocenters. The van der Waals surface area contributed by atoms with E-state index in [9.17, 15) is 0 Å². The third-order valence-electron chi connectivity index (χ3n) is 2.43. The second-order valence-corrected chi connectivity index (χ2v) is 4.63. The van der Waals surface area contributed by atoms with Gasteiger partial charge in [0.15, 0.2) is 5.82 Å². The number of halogens is 1. The van der Waals surface area contributed by atoms with E-state index in [0.717, 1.165) is 20.4 Å². The average Bonchev–Trinajstić information content (AvgIpc) is 2.88. The summed E-state index contributed by atoms with van der Waals surface area (Å²) in [7, 11) is 2.02. The van der Waals surface area contributed by atoms with Crippen molar-refractivity contribution >= 4 is 33.6 Å². The Kier molecular flexibility index (Phi) is 2.16. The van der Waals surface area contributed by atoms with Crippen molar-refractivity contribution in [1.82, 2.24) is 24.5 Å². The molecule has 0 saturated carbocycles. The number of fused-ring (bicyclic) bond motifs is 1. The molecule has 5 nitrogen and oxygen atoms in total. The summed E-state index contributed by atoms with van der Waals surface area (Å²) in [6, 6.07) is 3.98. The summed E-state index contributed by atoms with van der Waals surface area (Å²) in [5.74, 6) is 0.786. The van der Waals surface area contributed by atoms with E-state index in [-0.39, 0.29) is 0 Å². The molecular weight excluding hydrogens is 317 g/mol. The highest BCUT2D eigenvalue weighted by molar-refractivity contribution is 14.1. The third-order valence-corrected chi connectivity index (χ3v) is 3.22. The van der Waals surface area contributed by atoms with Crippen molar-refractivity contribution in [3.63, 3.8) is 0 Å². The molecule has 0 amide bonds. The van der Waals surface area contributed by atoms with Crippen LogP contribution in [0.5, 0.6) is 0 Å². The van der Waals surface area contributed by atoms with E-state index in [2.05, 4.69) is 48.7 Å². The van der Waals surface area contributed by atoms with E-state index < -0.39 is 0 Å². The minimum atomic E-state index is 0.786. The molecule has 0 spiro atoms. The molecule has 0 bridgehead atoms. The predicted molar refractivity (Wildman–Crippen MR) is 68.3 cm³/mol. The molecule has 0 aliphatic heterocycles. The number of nitrogens with zero attached hydrogens (tertiary/aromatic N) is 5. The van der Waals surface area contributed by atoms with Crippen LogP contribution >= 0.6 is 22.6 Å². The van der Waals surface area contributed by atoms with Crippen molar-refractivity contribution in [3.8, 4) is 5.82 Å². The van der Waals surface area contributed by atoms with Crippen molar-refractivity contribution in [3.05, 3.63) is 34.3 Å². The molecule has 16 heavy (non-hydrogen) atoms. The molecule has 6 heteroatoms. The van der Waals surface area contributed by atoms with Crippen LogP contribution in [0.4, 0.5) is 0 Å². The lowest BCUT2D eigenvalue weighted by Crippen LogP contribution is -1.98. The summed E-state index contributed by atoms with van der Waals surface area (Å²) < 4.78 is 4.86. The SMILES string of the molecule is Cn1cc(I)c2nc(-n3ccnn3)ccc21. The van der Waals surface area contributed by atoms with Gasteiger partial charge in [-0.25, -0.2) is 9.67 Å². The van der Waals surface area contributed by atoms with Crippen LogP contribution < -0.4 is 0 Å². The van der Waals surface area contributed by atoms with Crippen LogP contribution in [0.2, 0.25) is 0 Å². The van der Waals surface area contributed by atoms with Crippen LogP contribution in [0.1, 0.15) is 0 Å². The van der Waals surface area contributed by atoms with E-state index in [1.807, 2.05) is 19.2 Å². The third kappa shape index (κ3) is 1.41. The topological polar surface area (TPSA) is 48.5 Å². The lowest BCUT2D eigenvalue weighted by molar-refractivity contribution is 0.784. The number of hydrogen-bond acceptors (Lipinski definition) is 3. The first-order valence-corrected chi connectivity index (χ1v) is 5.82. The molecular formula is C10H8IN5. The number of aromatic nitrogens is 5. The summed E-state index contributed by atoms with van der Waals surface area (Å²) in [6.45, 7) is 0. The first-order chi connectivity index (χ1) is 7.75. The van der Waals surface area contributed by atoms with E-state index >= 15 is 0 Å². The van der Waals surface area contributed by atoms with Gasteiger partial charge in [0.25, 0.3) is 0 Å². The molecule has 3 heterocycles. The number of pyridine rings is 1. The molecule has 0 N–H and O–H groups in total. The maximum Gasteiger partial charge on any atom is 0.155 e. The molecule has 0 aliphatic rings. The Morgan fingerprint density at radius 2 is 2.19 bits per heavy atom. The van der Waals surface area contributed by atoms with Crippen molar-refractivity contribution in [2.24, 2.45) is 7.05 Å². The van der Waals surface area contributed by atoms with Gasteiger partial charge < -0.3 is 4.57 Å². The zero-order valence-electron chi connectivity index (χ0n) is 8.50. The Labute approximate surface area is 105 Å². The van der Waals surface area contributed by atoms with Crippen LogP contribution in [0.25, 0.3) is 16.9 Å². The van der Waals surface area contributed by atoms with Crippen LogP contribution in [-0.4, -0.2) is 24.5 Å². The molecule has 3 aromatic rings. The van der Waals surface area contributed by atoms with Gasteiger partial charge in [0.2, 0.25) is 0 Å². The molecule has 3 rings (SSSR count). The van der Waals surface area contributed by atoms with Crippen LogP contribution in [0, 0.1) is 3.57 Å². The first kappa shape index (κ1) is 9.76. The predicted octanol–water partition coefficient (Wildman–Crippen LogP) is 1.76. The van der Waals surface area contributed by atoms with Gasteiger partial charge >= 0.3 is 0 Å². The van der Waals surface area contributed by atoms with Gasteiger partial charge in [-0.1, -0.05) is 5.21 Å². The van der Waals surface area contributed by atoms with Crippen molar-refractivity contribution in [2.45, 2.75) is 0 Å². The highest BCUT2D eigenvalue weighted by atomic mass is 127. The average molecular weight is 325 g/mol. The molecule has 0 saturated heterocycles.